The molecule has 0 radical (unpaired) electrons. The Bertz CT molecular complexity index is 1740. The Labute approximate surface area is 253 Å². The molecule has 1 aliphatic heterocycles. The van der Waals surface area contributed by atoms with E-state index in [9.17, 15) is 28.1 Å². The highest BCUT2D eigenvalue weighted by molar-refractivity contribution is 6.19. The normalized spacial score (nSPS) is 21.5. The third kappa shape index (κ3) is 4.85. The summed E-state index contributed by atoms with van der Waals surface area (Å²) in [6.45, 7) is 4.36. The molecule has 2 unspecified atom stereocenters. The molecule has 2 atom stereocenters. The van der Waals surface area contributed by atoms with Gasteiger partial charge in [0.1, 0.15) is 25.8 Å². The molecule has 3 aromatic rings. The fourth-order valence-corrected chi connectivity index (χ4v) is 6.41. The first kappa shape index (κ1) is 29.6. The van der Waals surface area contributed by atoms with Crippen LogP contribution in [0.1, 0.15) is 62.6 Å². The van der Waals surface area contributed by atoms with Crippen molar-refractivity contribution < 1.29 is 17.6 Å². The Morgan fingerprint density at radius 1 is 1.07 bits per heavy atom. The number of aromatic nitrogens is 1. The molecule has 2 heterocycles. The summed E-state index contributed by atoms with van der Waals surface area (Å²) >= 11 is 0. The average molecular weight is 602 g/mol. The number of halogens is 4. The van der Waals surface area contributed by atoms with Gasteiger partial charge in [0.25, 0.3) is 0 Å². The smallest absolute Gasteiger partial charge is 0.380 e. The maximum Gasteiger partial charge on any atom is 0.413 e. The first-order valence-electron chi connectivity index (χ1n) is 14.5. The second-order valence-electron chi connectivity index (χ2n) is 12.7. The van der Waals surface area contributed by atoms with E-state index in [2.05, 4.69) is 52.6 Å². The molecule has 3 aliphatic rings. The maximum atomic E-state index is 14.0. The van der Waals surface area contributed by atoms with E-state index >= 15 is 0 Å². The second kappa shape index (κ2) is 10.3. The number of nitriles is 2. The third-order valence-electron chi connectivity index (χ3n) is 9.42. The lowest BCUT2D eigenvalue weighted by molar-refractivity contribution is -0.195. The monoisotopic (exact) mass is 602 g/mol. The van der Waals surface area contributed by atoms with Gasteiger partial charge in [-0.3, -0.25) is 9.99 Å². The van der Waals surface area contributed by atoms with E-state index in [1.54, 1.807) is 32.1 Å². The molecule has 4 N–H and O–H groups in total. The van der Waals surface area contributed by atoms with Gasteiger partial charge in [-0.05, 0) is 60.9 Å². The standard InChI is InChI=1S/C31H31BF4N8/c1-28(2)9-3-4-24(28)40-27-19(15-38)16-39-26-18(14-37)12-22(13-23(26)27)41-30(32,20-5-7-21(33)8-6-20)25-17-44(43-42-25)29(10-11-29)31(34,35)36/h5-8,12-13,16-17,24,41-43H,3-4,9-11,32H2,1-2H3,(H,39,40). The van der Waals surface area contributed by atoms with Crippen LogP contribution >= 0.6 is 0 Å². The number of nitrogens with one attached hydrogen (secondary N) is 4. The lowest BCUT2D eigenvalue weighted by Gasteiger charge is -2.34. The van der Waals surface area contributed by atoms with Crippen LogP contribution in [0.25, 0.3) is 10.9 Å². The van der Waals surface area contributed by atoms with Gasteiger partial charge in [0.05, 0.1) is 33.5 Å². The molecule has 13 heteroatoms. The van der Waals surface area contributed by atoms with Gasteiger partial charge in [0, 0.05) is 29.5 Å². The fourth-order valence-electron chi connectivity index (χ4n) is 6.41. The fraction of sp³-hybridized carbons (Fsp3) is 0.387. The number of hydrogen-bond acceptors (Lipinski definition) is 8. The van der Waals surface area contributed by atoms with Crippen LogP contribution < -0.4 is 21.6 Å². The number of anilines is 2. The number of hydrazine groups is 2. The Kier molecular flexibility index (Phi) is 6.93. The molecule has 2 fully saturated rings. The van der Waals surface area contributed by atoms with Crippen LogP contribution in [0, 0.1) is 33.9 Å². The van der Waals surface area contributed by atoms with Crippen molar-refractivity contribution in [2.24, 2.45) is 5.41 Å². The minimum Gasteiger partial charge on any atom is -0.380 e. The van der Waals surface area contributed by atoms with Crippen molar-refractivity contribution >= 4 is 30.1 Å². The van der Waals surface area contributed by atoms with E-state index in [4.69, 9.17) is 0 Å². The number of alkyl halides is 3. The van der Waals surface area contributed by atoms with Gasteiger partial charge in [-0.25, -0.2) is 4.39 Å². The molecule has 0 bridgehead atoms. The minimum absolute atomic E-state index is 0.00772. The van der Waals surface area contributed by atoms with Crippen LogP contribution in [0.4, 0.5) is 28.9 Å². The lowest BCUT2D eigenvalue weighted by atomic mass is 9.69. The highest BCUT2D eigenvalue weighted by Gasteiger charge is 2.67. The molecule has 2 aromatic carbocycles. The van der Waals surface area contributed by atoms with Crippen LogP contribution in [0.15, 0.2) is 54.5 Å². The molecular weight excluding hydrogens is 571 g/mol. The molecule has 0 amide bonds. The van der Waals surface area contributed by atoms with Crippen molar-refractivity contribution in [2.75, 3.05) is 10.6 Å². The van der Waals surface area contributed by atoms with Gasteiger partial charge in [-0.2, -0.15) is 23.7 Å². The molecule has 0 saturated heterocycles. The second-order valence-corrected chi connectivity index (χ2v) is 12.7. The number of fused-ring (bicyclic) bond motifs is 1. The van der Waals surface area contributed by atoms with Crippen molar-refractivity contribution in [1.82, 2.24) is 21.0 Å². The summed E-state index contributed by atoms with van der Waals surface area (Å²) in [7, 11) is 1.76. The SMILES string of the molecule is BC(Nc1cc(C#N)c2ncc(C#N)c(NC3CCCC3(C)C)c2c1)(C1=CN(C2(C(F)(F)F)CC2)NN1)c1ccc(F)cc1. The van der Waals surface area contributed by atoms with Gasteiger partial charge in [0.2, 0.25) is 0 Å². The Balaban J connectivity index is 1.46. The summed E-state index contributed by atoms with van der Waals surface area (Å²) in [5, 5.41) is 28.7. The summed E-state index contributed by atoms with van der Waals surface area (Å²) < 4.78 is 55.8. The third-order valence-corrected chi connectivity index (χ3v) is 9.42. The van der Waals surface area contributed by atoms with Crippen molar-refractivity contribution in [2.45, 2.75) is 69.1 Å². The van der Waals surface area contributed by atoms with Crippen molar-refractivity contribution in [1.29, 1.82) is 10.5 Å². The molecule has 44 heavy (non-hydrogen) atoms. The van der Waals surface area contributed by atoms with E-state index < -0.39 is 23.0 Å². The van der Waals surface area contributed by atoms with Crippen LogP contribution in [-0.2, 0) is 5.44 Å². The van der Waals surface area contributed by atoms with Crippen molar-refractivity contribution in [3.63, 3.8) is 0 Å². The predicted octanol–water partition coefficient (Wildman–Crippen LogP) is 5.27. The number of rotatable bonds is 7. The van der Waals surface area contributed by atoms with Gasteiger partial charge in [0.15, 0.2) is 5.54 Å². The number of nitrogens with zero attached hydrogens (tertiary/aromatic N) is 4. The van der Waals surface area contributed by atoms with E-state index in [1.807, 2.05) is 0 Å². The summed E-state index contributed by atoms with van der Waals surface area (Å²) in [5.41, 5.74) is 5.30. The summed E-state index contributed by atoms with van der Waals surface area (Å²) in [5.74, 6) is -0.462. The number of benzene rings is 2. The summed E-state index contributed by atoms with van der Waals surface area (Å²) in [4.78, 5) is 4.44. The van der Waals surface area contributed by atoms with Gasteiger partial charge in [-0.15, -0.1) is 5.53 Å². The molecule has 2 saturated carbocycles. The highest BCUT2D eigenvalue weighted by atomic mass is 19.4. The largest absolute Gasteiger partial charge is 0.413 e. The van der Waals surface area contributed by atoms with Crippen LogP contribution in [0.3, 0.4) is 0 Å². The average Bonchev–Trinajstić information content (AvgIpc) is 3.54. The zero-order valence-corrected chi connectivity index (χ0v) is 24.5. The van der Waals surface area contributed by atoms with Crippen LogP contribution in [-0.4, -0.2) is 35.6 Å². The molecular formula is C31H31BF4N8. The summed E-state index contributed by atoms with van der Waals surface area (Å²) in [6.07, 6.45) is 1.31. The number of pyridine rings is 1. The molecule has 6 rings (SSSR count). The molecule has 226 valence electrons. The Hall–Kier alpha value is -4.49. The lowest BCUT2D eigenvalue weighted by Crippen LogP contribution is -2.53. The van der Waals surface area contributed by atoms with Crippen molar-refractivity contribution in [3.8, 4) is 12.1 Å². The first-order valence-corrected chi connectivity index (χ1v) is 14.5. The maximum absolute atomic E-state index is 14.0. The van der Waals surface area contributed by atoms with Crippen LogP contribution in [0.2, 0.25) is 0 Å². The number of hydrogen-bond donors (Lipinski definition) is 4. The van der Waals surface area contributed by atoms with Gasteiger partial charge in [-0.1, -0.05) is 32.4 Å². The summed E-state index contributed by atoms with van der Waals surface area (Å²) in [6, 6.07) is 13.6. The Morgan fingerprint density at radius 3 is 2.36 bits per heavy atom. The molecule has 2 aliphatic carbocycles. The Morgan fingerprint density at radius 2 is 1.77 bits per heavy atom. The molecule has 8 nitrogen and oxygen atoms in total. The van der Waals surface area contributed by atoms with E-state index in [-0.39, 0.29) is 29.9 Å². The van der Waals surface area contributed by atoms with E-state index in [0.717, 1.165) is 24.3 Å². The highest BCUT2D eigenvalue weighted by Crippen LogP contribution is 2.54. The quantitative estimate of drug-likeness (QED) is 0.214. The minimum atomic E-state index is -4.45. The zero-order valence-electron chi connectivity index (χ0n) is 24.5. The van der Waals surface area contributed by atoms with Gasteiger partial charge >= 0.3 is 6.18 Å². The van der Waals surface area contributed by atoms with Crippen molar-refractivity contribution in [3.05, 3.63) is 77.0 Å². The predicted molar refractivity (Wildman–Crippen MR) is 161 cm³/mol. The zero-order chi connectivity index (χ0) is 31.5. The van der Waals surface area contributed by atoms with E-state index in [1.165, 1.54) is 24.5 Å². The first-order chi connectivity index (χ1) is 20.8. The molecule has 1 aromatic heterocycles. The van der Waals surface area contributed by atoms with Gasteiger partial charge < -0.3 is 16.1 Å². The molecule has 0 spiro atoms. The van der Waals surface area contributed by atoms with Crippen LogP contribution in [0.5, 0.6) is 0 Å². The van der Waals surface area contributed by atoms with E-state index in [0.29, 0.717) is 39.1 Å². The topological polar surface area (TPSA) is 112 Å².